The van der Waals surface area contributed by atoms with E-state index in [1.165, 1.54) is 0 Å². The Kier molecular flexibility index (Phi) is 9.44. The van der Waals surface area contributed by atoms with E-state index in [2.05, 4.69) is 45.8 Å². The normalized spacial score (nSPS) is 11.1. The standard InChI is InChI=1S/C25H36N14O2/c1-35(2)21-26-20(27-24(29-21)38(7)12-8-18-10-14-40-16-18)32-33-34-39(13-9-19-11-15-41-17-19)25-30-22(36(3)4)28-23(31-25)37(5)6/h10-11,14-17H,8-9,12-13H2,1-7H3,(H,26,27,29,32,34). The summed E-state index contributed by atoms with van der Waals surface area (Å²) in [7, 11) is 13.1. The Hall–Kier alpha value is -5.02. The van der Waals surface area contributed by atoms with Crippen molar-refractivity contribution < 1.29 is 8.83 Å². The third kappa shape index (κ3) is 8.00. The van der Waals surface area contributed by atoms with Crippen LogP contribution in [0.4, 0.5) is 35.7 Å². The molecule has 0 aliphatic rings. The van der Waals surface area contributed by atoms with Crippen LogP contribution in [0.25, 0.3) is 0 Å². The van der Waals surface area contributed by atoms with Crippen LogP contribution in [0.5, 0.6) is 0 Å². The van der Waals surface area contributed by atoms with E-state index in [0.29, 0.717) is 49.3 Å². The van der Waals surface area contributed by atoms with Gasteiger partial charge in [-0.25, -0.2) is 5.01 Å². The predicted molar refractivity (Wildman–Crippen MR) is 156 cm³/mol. The number of hydrogen-bond acceptors (Lipinski definition) is 15. The summed E-state index contributed by atoms with van der Waals surface area (Å²) < 4.78 is 10.4. The second-order valence-electron chi connectivity index (χ2n) is 9.79. The van der Waals surface area contributed by atoms with E-state index in [1.54, 1.807) is 35.0 Å². The summed E-state index contributed by atoms with van der Waals surface area (Å²) in [5.41, 5.74) is 5.06. The van der Waals surface area contributed by atoms with Crippen LogP contribution in [0.2, 0.25) is 0 Å². The van der Waals surface area contributed by atoms with E-state index < -0.39 is 0 Å². The fourth-order valence-corrected chi connectivity index (χ4v) is 3.45. The lowest BCUT2D eigenvalue weighted by molar-refractivity contribution is 0.560. The molecular weight excluding hydrogens is 528 g/mol. The van der Waals surface area contributed by atoms with Crippen LogP contribution < -0.4 is 30.1 Å². The Morgan fingerprint density at radius 2 is 1.12 bits per heavy atom. The van der Waals surface area contributed by atoms with Gasteiger partial charge in [-0.15, -0.1) is 0 Å². The van der Waals surface area contributed by atoms with Gasteiger partial charge in [-0.1, -0.05) is 5.11 Å². The molecule has 16 nitrogen and oxygen atoms in total. The molecule has 0 aliphatic carbocycles. The van der Waals surface area contributed by atoms with Crippen molar-refractivity contribution in [3.8, 4) is 0 Å². The maximum Gasteiger partial charge on any atom is 0.277 e. The third-order valence-corrected chi connectivity index (χ3v) is 5.81. The number of hydrazine groups is 1. The highest BCUT2D eigenvalue weighted by molar-refractivity contribution is 5.45. The van der Waals surface area contributed by atoms with Crippen molar-refractivity contribution in [1.29, 1.82) is 0 Å². The fourth-order valence-electron chi connectivity index (χ4n) is 3.45. The molecule has 0 radical (unpaired) electrons. The highest BCUT2D eigenvalue weighted by Gasteiger charge is 2.17. The van der Waals surface area contributed by atoms with Crippen molar-refractivity contribution in [3.05, 3.63) is 48.3 Å². The van der Waals surface area contributed by atoms with Gasteiger partial charge in [-0.2, -0.15) is 35.4 Å². The van der Waals surface area contributed by atoms with Gasteiger partial charge in [0.15, 0.2) is 0 Å². The van der Waals surface area contributed by atoms with Gasteiger partial charge in [-0.05, 0) is 41.3 Å². The topological polar surface area (TPSA) is 157 Å². The molecule has 0 fully saturated rings. The smallest absolute Gasteiger partial charge is 0.277 e. The van der Waals surface area contributed by atoms with Gasteiger partial charge < -0.3 is 28.4 Å². The highest BCUT2D eigenvalue weighted by Crippen LogP contribution is 2.19. The summed E-state index contributed by atoms with van der Waals surface area (Å²) in [4.78, 5) is 34.6. The second-order valence-corrected chi connectivity index (χ2v) is 9.79. The molecule has 0 aliphatic heterocycles. The lowest BCUT2D eigenvalue weighted by atomic mass is 10.2. The molecule has 0 saturated heterocycles. The summed E-state index contributed by atoms with van der Waals surface area (Å²) in [5, 5.41) is 10.1. The number of furan rings is 2. The molecule has 16 heteroatoms. The molecule has 0 amide bonds. The first-order chi connectivity index (χ1) is 19.7. The number of hydrogen-bond donors (Lipinski definition) is 1. The number of anilines is 5. The average molecular weight is 565 g/mol. The molecular formula is C25H36N14O2. The number of nitrogens with one attached hydrogen (secondary N) is 1. The van der Waals surface area contributed by atoms with Crippen LogP contribution in [0.3, 0.4) is 0 Å². The first kappa shape index (κ1) is 29.0. The molecule has 0 unspecified atom stereocenters. The van der Waals surface area contributed by atoms with E-state index in [1.807, 2.05) is 76.2 Å². The first-order valence-corrected chi connectivity index (χ1v) is 12.9. The average Bonchev–Trinajstić information content (AvgIpc) is 3.68. The van der Waals surface area contributed by atoms with Gasteiger partial charge in [0.05, 0.1) is 25.1 Å². The molecule has 4 aromatic rings. The second kappa shape index (κ2) is 13.4. The summed E-state index contributed by atoms with van der Waals surface area (Å²) in [6.45, 7) is 1.14. The van der Waals surface area contributed by atoms with Crippen molar-refractivity contribution in [2.24, 2.45) is 10.3 Å². The summed E-state index contributed by atoms with van der Waals surface area (Å²) >= 11 is 0. The highest BCUT2D eigenvalue weighted by atomic mass is 16.3. The van der Waals surface area contributed by atoms with Gasteiger partial charge in [0.1, 0.15) is 0 Å². The molecule has 4 aromatic heterocycles. The molecule has 0 bridgehead atoms. The van der Waals surface area contributed by atoms with Gasteiger partial charge >= 0.3 is 0 Å². The van der Waals surface area contributed by atoms with Gasteiger partial charge in [0, 0.05) is 62.4 Å². The van der Waals surface area contributed by atoms with Gasteiger partial charge in [-0.3, -0.25) is 0 Å². The molecule has 1 N–H and O–H groups in total. The van der Waals surface area contributed by atoms with Crippen LogP contribution in [0.15, 0.2) is 56.4 Å². The van der Waals surface area contributed by atoms with Crippen molar-refractivity contribution >= 4 is 35.7 Å². The zero-order chi connectivity index (χ0) is 29.4. The zero-order valence-electron chi connectivity index (χ0n) is 24.4. The summed E-state index contributed by atoms with van der Waals surface area (Å²) in [5.74, 6) is 2.46. The van der Waals surface area contributed by atoms with E-state index in [4.69, 9.17) is 8.83 Å². The molecule has 0 spiro atoms. The minimum Gasteiger partial charge on any atom is -0.472 e. The van der Waals surface area contributed by atoms with Gasteiger partial charge in [0.2, 0.25) is 23.8 Å². The SMILES string of the molecule is CN(C)c1nc(N=NNN(CCc2ccoc2)c2nc(N(C)C)nc(N(C)C)n2)nc(N(C)CCc2ccoc2)n1. The fraction of sp³-hybridized carbons (Fsp3) is 0.440. The van der Waals surface area contributed by atoms with Crippen LogP contribution >= 0.6 is 0 Å². The summed E-state index contributed by atoms with van der Waals surface area (Å²) in [6.07, 6.45) is 8.13. The molecule has 0 aromatic carbocycles. The lowest BCUT2D eigenvalue weighted by Crippen LogP contribution is -2.38. The number of likely N-dealkylation sites (N-methyl/N-ethyl adjacent to an activating group) is 1. The van der Waals surface area contributed by atoms with Crippen LogP contribution in [-0.2, 0) is 12.8 Å². The molecule has 0 atom stereocenters. The van der Waals surface area contributed by atoms with Crippen molar-refractivity contribution in [2.45, 2.75) is 12.8 Å². The Balaban J connectivity index is 1.57. The van der Waals surface area contributed by atoms with E-state index in [0.717, 1.165) is 17.5 Å². The molecule has 4 heterocycles. The maximum absolute atomic E-state index is 5.22. The van der Waals surface area contributed by atoms with Crippen molar-refractivity contribution in [1.82, 2.24) is 35.4 Å². The molecule has 0 saturated carbocycles. The number of aromatic nitrogens is 6. The van der Waals surface area contributed by atoms with Gasteiger partial charge in [0.25, 0.3) is 11.9 Å². The minimum absolute atomic E-state index is 0.148. The first-order valence-electron chi connectivity index (χ1n) is 12.9. The molecule has 218 valence electrons. The quantitative estimate of drug-likeness (QED) is 0.176. The van der Waals surface area contributed by atoms with E-state index >= 15 is 0 Å². The number of rotatable bonds is 14. The van der Waals surface area contributed by atoms with Crippen molar-refractivity contribution in [3.63, 3.8) is 0 Å². The van der Waals surface area contributed by atoms with Crippen LogP contribution in [0.1, 0.15) is 11.1 Å². The number of nitrogens with zero attached hydrogens (tertiary/aromatic N) is 13. The van der Waals surface area contributed by atoms with E-state index in [9.17, 15) is 0 Å². The molecule has 4 rings (SSSR count). The monoisotopic (exact) mass is 564 g/mol. The third-order valence-electron chi connectivity index (χ3n) is 5.81. The Bertz CT molecular complexity index is 1360. The zero-order valence-corrected chi connectivity index (χ0v) is 24.4. The van der Waals surface area contributed by atoms with E-state index in [-0.39, 0.29) is 5.95 Å². The summed E-state index contributed by atoms with van der Waals surface area (Å²) in [6, 6.07) is 3.84. The Labute approximate surface area is 238 Å². The maximum atomic E-state index is 5.22. The largest absolute Gasteiger partial charge is 0.472 e. The van der Waals surface area contributed by atoms with Crippen molar-refractivity contribution in [2.75, 3.05) is 87.0 Å². The predicted octanol–water partition coefficient (Wildman–Crippen LogP) is 2.37. The Morgan fingerprint density at radius 3 is 1.66 bits per heavy atom. The minimum atomic E-state index is 0.148. The Morgan fingerprint density at radius 1 is 0.634 bits per heavy atom. The van der Waals surface area contributed by atoms with Crippen LogP contribution in [-0.4, -0.2) is 92.3 Å². The van der Waals surface area contributed by atoms with Crippen LogP contribution in [0, 0.1) is 0 Å². The molecule has 41 heavy (non-hydrogen) atoms. The lowest BCUT2D eigenvalue weighted by Gasteiger charge is -2.23.